The summed E-state index contributed by atoms with van der Waals surface area (Å²) in [4.78, 5) is 11.4. The lowest BCUT2D eigenvalue weighted by Gasteiger charge is -2.30. The molecule has 3 heterocycles. The van der Waals surface area contributed by atoms with Gasteiger partial charge in [-0.2, -0.15) is 5.26 Å². The summed E-state index contributed by atoms with van der Waals surface area (Å²) in [5.41, 5.74) is 14.1. The van der Waals surface area contributed by atoms with Crippen molar-refractivity contribution in [2.24, 2.45) is 5.73 Å². The fourth-order valence-electron chi connectivity index (χ4n) is 5.06. The lowest BCUT2D eigenvalue weighted by Crippen LogP contribution is -2.36. The molecule has 0 bridgehead atoms. The van der Waals surface area contributed by atoms with Crippen LogP contribution in [-0.2, 0) is 6.42 Å². The first kappa shape index (κ1) is 20.4. The topological polar surface area (TPSA) is 90.9 Å². The van der Waals surface area contributed by atoms with Crippen LogP contribution in [0.3, 0.4) is 0 Å². The van der Waals surface area contributed by atoms with Gasteiger partial charge < -0.3 is 16.0 Å². The summed E-state index contributed by atoms with van der Waals surface area (Å²) >= 11 is 0. The van der Waals surface area contributed by atoms with E-state index in [-0.39, 0.29) is 11.9 Å². The number of hydrogen-bond donors (Lipinski definition) is 2. The normalized spacial score (nSPS) is 16.6. The molecule has 1 aliphatic heterocycles. The van der Waals surface area contributed by atoms with Gasteiger partial charge in [0.05, 0.1) is 16.9 Å². The van der Waals surface area contributed by atoms with E-state index in [0.717, 1.165) is 64.3 Å². The van der Waals surface area contributed by atoms with Crippen LogP contribution in [0.5, 0.6) is 0 Å². The molecule has 0 saturated carbocycles. The molecule has 0 spiro atoms. The standard InChI is InChI=1S/C25H25FN6/c1-2-30-22-8-17(26)7-20-19(22)9-23-24(20)25(32-5-3-4-18(32)11-28)21(14-31-23)16-6-15(10-27)12-29-13-16/h6-8,12-14,18,30H,2-5,9,11,28H2,1H3. The molecule has 3 N–H and O–H groups in total. The quantitative estimate of drug-likeness (QED) is 0.498. The van der Waals surface area contributed by atoms with Gasteiger partial charge in [-0.1, -0.05) is 0 Å². The Morgan fingerprint density at radius 3 is 2.91 bits per heavy atom. The molecule has 1 fully saturated rings. The van der Waals surface area contributed by atoms with E-state index in [2.05, 4.69) is 21.3 Å². The fraction of sp³-hybridized carbons (Fsp3) is 0.320. The number of benzene rings is 1. The molecule has 3 aromatic rings. The average molecular weight is 429 g/mol. The van der Waals surface area contributed by atoms with Gasteiger partial charge in [-0.25, -0.2) is 4.39 Å². The lowest BCUT2D eigenvalue weighted by molar-refractivity contribution is 0.628. The fourth-order valence-corrected chi connectivity index (χ4v) is 5.06. The van der Waals surface area contributed by atoms with E-state index < -0.39 is 0 Å². The Morgan fingerprint density at radius 2 is 2.12 bits per heavy atom. The number of aromatic nitrogens is 2. The van der Waals surface area contributed by atoms with Crippen LogP contribution >= 0.6 is 0 Å². The number of fused-ring (bicyclic) bond motifs is 3. The molecule has 0 radical (unpaired) electrons. The monoisotopic (exact) mass is 428 g/mol. The second kappa shape index (κ2) is 8.21. The largest absolute Gasteiger partial charge is 0.385 e. The van der Waals surface area contributed by atoms with Crippen molar-refractivity contribution in [2.75, 3.05) is 29.9 Å². The zero-order chi connectivity index (χ0) is 22.2. The van der Waals surface area contributed by atoms with Crippen molar-refractivity contribution in [1.29, 1.82) is 5.26 Å². The number of nitrogens with zero attached hydrogens (tertiary/aromatic N) is 4. The number of pyridine rings is 2. The number of nitrogens with two attached hydrogens (primary N) is 1. The van der Waals surface area contributed by atoms with Crippen molar-refractivity contribution in [1.82, 2.24) is 9.97 Å². The van der Waals surface area contributed by atoms with E-state index in [0.29, 0.717) is 25.1 Å². The first-order chi connectivity index (χ1) is 15.6. The molecule has 5 rings (SSSR count). The van der Waals surface area contributed by atoms with Gasteiger partial charge in [0.1, 0.15) is 11.9 Å². The van der Waals surface area contributed by atoms with Gasteiger partial charge >= 0.3 is 0 Å². The molecule has 162 valence electrons. The predicted molar refractivity (Wildman–Crippen MR) is 124 cm³/mol. The Labute approximate surface area is 186 Å². The van der Waals surface area contributed by atoms with Crippen molar-refractivity contribution in [3.63, 3.8) is 0 Å². The van der Waals surface area contributed by atoms with Crippen LogP contribution < -0.4 is 16.0 Å². The van der Waals surface area contributed by atoms with Crippen LogP contribution in [0.15, 0.2) is 36.8 Å². The summed E-state index contributed by atoms with van der Waals surface area (Å²) in [6, 6.07) is 7.39. The number of nitrogens with one attached hydrogen (secondary N) is 1. The molecule has 1 saturated heterocycles. The van der Waals surface area contributed by atoms with E-state index in [4.69, 9.17) is 10.7 Å². The molecule has 7 heteroatoms. The van der Waals surface area contributed by atoms with Crippen molar-refractivity contribution in [2.45, 2.75) is 32.2 Å². The molecule has 1 aromatic carbocycles. The van der Waals surface area contributed by atoms with Crippen LogP contribution in [0.25, 0.3) is 22.3 Å². The summed E-state index contributed by atoms with van der Waals surface area (Å²) in [5, 5.41) is 12.7. The van der Waals surface area contributed by atoms with Gasteiger partial charge in [0, 0.05) is 73.1 Å². The van der Waals surface area contributed by atoms with Crippen molar-refractivity contribution in [3.8, 4) is 28.3 Å². The molecule has 2 aliphatic rings. The predicted octanol–water partition coefficient (Wildman–Crippen LogP) is 4.08. The van der Waals surface area contributed by atoms with E-state index in [1.54, 1.807) is 24.5 Å². The minimum atomic E-state index is -0.270. The lowest BCUT2D eigenvalue weighted by atomic mass is 9.97. The zero-order valence-electron chi connectivity index (χ0n) is 18.0. The molecule has 32 heavy (non-hydrogen) atoms. The van der Waals surface area contributed by atoms with Gasteiger partial charge in [0.15, 0.2) is 0 Å². The van der Waals surface area contributed by atoms with Gasteiger partial charge in [-0.15, -0.1) is 0 Å². The Hall–Kier alpha value is -3.50. The Bertz CT molecular complexity index is 1230. The number of rotatable bonds is 5. The third kappa shape index (κ3) is 3.28. The minimum Gasteiger partial charge on any atom is -0.385 e. The number of halogens is 1. The first-order valence-electron chi connectivity index (χ1n) is 11.0. The molecule has 1 unspecified atom stereocenters. The maximum Gasteiger partial charge on any atom is 0.125 e. The Balaban J connectivity index is 1.79. The van der Waals surface area contributed by atoms with Gasteiger partial charge in [0.2, 0.25) is 0 Å². The third-order valence-electron chi connectivity index (χ3n) is 6.44. The molecule has 1 atom stereocenters. The Kier molecular flexibility index (Phi) is 5.24. The highest BCUT2D eigenvalue weighted by Crippen LogP contribution is 2.49. The average Bonchev–Trinajstić information content (AvgIpc) is 3.43. The minimum absolute atomic E-state index is 0.207. The van der Waals surface area contributed by atoms with E-state index in [1.807, 2.05) is 19.2 Å². The SMILES string of the molecule is CCNc1cc(F)cc2c1Cc1ncc(-c3cncc(C#N)c3)c(N3CCCC3CN)c1-2. The van der Waals surface area contributed by atoms with Gasteiger partial charge in [-0.05, 0) is 49.1 Å². The summed E-state index contributed by atoms with van der Waals surface area (Å²) < 4.78 is 14.7. The number of hydrogen-bond acceptors (Lipinski definition) is 6. The first-order valence-corrected chi connectivity index (χ1v) is 11.0. The van der Waals surface area contributed by atoms with Crippen LogP contribution in [0, 0.1) is 17.1 Å². The highest BCUT2D eigenvalue weighted by molar-refractivity contribution is 5.96. The summed E-state index contributed by atoms with van der Waals surface area (Å²) in [6.07, 6.45) is 7.89. The molecule has 2 aromatic heterocycles. The maximum atomic E-state index is 14.7. The number of nitriles is 1. The molecule has 1 aliphatic carbocycles. The van der Waals surface area contributed by atoms with Crippen molar-refractivity contribution < 1.29 is 4.39 Å². The van der Waals surface area contributed by atoms with Crippen molar-refractivity contribution in [3.05, 3.63) is 59.4 Å². The van der Waals surface area contributed by atoms with Crippen LogP contribution in [-0.4, -0.2) is 35.6 Å². The molecule has 6 nitrogen and oxygen atoms in total. The van der Waals surface area contributed by atoms with Gasteiger partial charge in [0.25, 0.3) is 0 Å². The van der Waals surface area contributed by atoms with E-state index in [1.165, 1.54) is 0 Å². The van der Waals surface area contributed by atoms with Gasteiger partial charge in [-0.3, -0.25) is 9.97 Å². The van der Waals surface area contributed by atoms with E-state index >= 15 is 0 Å². The molecular formula is C25H25FN6. The third-order valence-corrected chi connectivity index (χ3v) is 6.44. The zero-order valence-corrected chi connectivity index (χ0v) is 18.0. The maximum absolute atomic E-state index is 14.7. The molecular weight excluding hydrogens is 403 g/mol. The Morgan fingerprint density at radius 1 is 1.25 bits per heavy atom. The second-order valence-corrected chi connectivity index (χ2v) is 8.33. The smallest absolute Gasteiger partial charge is 0.125 e. The molecule has 0 amide bonds. The van der Waals surface area contributed by atoms with E-state index in [9.17, 15) is 9.65 Å². The second-order valence-electron chi connectivity index (χ2n) is 8.33. The van der Waals surface area contributed by atoms with Crippen LogP contribution in [0.1, 0.15) is 36.6 Å². The highest BCUT2D eigenvalue weighted by atomic mass is 19.1. The summed E-state index contributed by atoms with van der Waals surface area (Å²) in [6.45, 7) is 4.14. The van der Waals surface area contributed by atoms with Crippen LogP contribution in [0.4, 0.5) is 15.8 Å². The van der Waals surface area contributed by atoms with Crippen molar-refractivity contribution >= 4 is 11.4 Å². The highest BCUT2D eigenvalue weighted by Gasteiger charge is 2.34. The number of anilines is 2. The summed E-state index contributed by atoms with van der Waals surface area (Å²) in [5.74, 6) is -0.270. The van der Waals surface area contributed by atoms with Crippen LogP contribution in [0.2, 0.25) is 0 Å². The summed E-state index contributed by atoms with van der Waals surface area (Å²) in [7, 11) is 0.